The van der Waals surface area contributed by atoms with Gasteiger partial charge in [-0.05, 0) is 54.6 Å². The van der Waals surface area contributed by atoms with Crippen LogP contribution in [0.2, 0.25) is 0 Å². The standard InChI is InChI=1S/C53H73F2N5O13S2.2C2HF3O2/c1-53(2,3)49(45-28-37(42-29-39(54)12-13-43(42)55)32-58(45)31-36-9-5-4-6-10-36)59(17-8-16-56)48(64)35-74-33-38(51(66)67)27-41(62)15-20-71-22-24-73-26-25-72-23-21-70-19-7-11-40(61)14-18-60-47(63)30-46(50(60)65)75-34-44(57)52(68)69;2*3-2(4,5)1(6)7/h4-6,9-10,12-13,28-29,32,38,44,46,49H,7-8,11,14-27,30-31,33-35,56-57H2,1-3H3,(H,66,67)(H,68,69);2*(H,6,7)/t38-,44-,46?,49-;;/m0../s1. The van der Waals surface area contributed by atoms with Crippen LogP contribution in [0.3, 0.4) is 0 Å². The third-order valence-corrected chi connectivity index (χ3v) is 15.0. The van der Waals surface area contributed by atoms with Gasteiger partial charge in [0.1, 0.15) is 29.2 Å². The largest absolute Gasteiger partial charge is 0.490 e. The minimum absolute atomic E-state index is 0.00355. The Morgan fingerprint density at radius 2 is 1.28 bits per heavy atom. The van der Waals surface area contributed by atoms with Gasteiger partial charge in [0.15, 0.2) is 0 Å². The van der Waals surface area contributed by atoms with Crippen LogP contribution >= 0.6 is 23.5 Å². The zero-order chi connectivity index (χ0) is 67.1. The van der Waals surface area contributed by atoms with Gasteiger partial charge < -0.3 is 60.3 Å². The molecule has 1 fully saturated rings. The summed E-state index contributed by atoms with van der Waals surface area (Å²) in [6, 6.07) is 13.1. The normalized spacial score (nSPS) is 14.4. The molecule has 1 aliphatic rings. The number of halogens is 8. The number of aliphatic carboxylic acids is 4. The van der Waals surface area contributed by atoms with Crippen LogP contribution in [0.4, 0.5) is 35.1 Å². The number of imide groups is 1. The fraction of sp³-hybridized carbons (Fsp3) is 0.561. The van der Waals surface area contributed by atoms with Crippen LogP contribution in [0.25, 0.3) is 11.1 Å². The maximum Gasteiger partial charge on any atom is 0.490 e. The molecule has 1 aromatic heterocycles. The summed E-state index contributed by atoms with van der Waals surface area (Å²) < 4.78 is 117. The van der Waals surface area contributed by atoms with Gasteiger partial charge in [-0.2, -0.15) is 38.1 Å². The predicted octanol–water partition coefficient (Wildman–Crippen LogP) is 6.87. The second kappa shape index (κ2) is 39.6. The first-order valence-corrected chi connectivity index (χ1v) is 29.8. The van der Waals surface area contributed by atoms with Crippen LogP contribution in [0, 0.1) is 23.0 Å². The summed E-state index contributed by atoms with van der Waals surface area (Å²) in [5.41, 5.74) is 13.1. The molecule has 0 radical (unpaired) electrons. The number of Topliss-reactive ketones (excluding diaryl/α,β-unsaturated/α-hetero) is 2. The van der Waals surface area contributed by atoms with Crippen molar-refractivity contribution in [2.75, 3.05) is 89.7 Å². The number of hydrogen-bond acceptors (Lipinski definition) is 17. The van der Waals surface area contributed by atoms with Gasteiger partial charge in [0, 0.05) is 92.9 Å². The number of benzene rings is 2. The van der Waals surface area contributed by atoms with Crippen molar-refractivity contribution in [2.45, 2.75) is 102 Å². The van der Waals surface area contributed by atoms with E-state index < -0.39 is 88.3 Å². The second-order valence-electron chi connectivity index (χ2n) is 20.7. The number of hydrogen-bond donors (Lipinski definition) is 6. The first-order chi connectivity index (χ1) is 41.7. The number of nitrogens with two attached hydrogens (primary N) is 2. The first-order valence-electron chi connectivity index (χ1n) is 27.6. The molecule has 0 bridgehead atoms. The molecule has 89 heavy (non-hydrogen) atoms. The number of carbonyl (C=O) groups excluding carboxylic acids is 5. The summed E-state index contributed by atoms with van der Waals surface area (Å²) in [6.07, 6.45) is -7.49. The van der Waals surface area contributed by atoms with E-state index in [1.165, 1.54) is 0 Å². The molecule has 0 aliphatic carbocycles. The fourth-order valence-electron chi connectivity index (χ4n) is 8.23. The number of nitrogens with zero attached hydrogens (tertiary/aromatic N) is 3. The van der Waals surface area contributed by atoms with E-state index in [9.17, 15) is 69.4 Å². The number of carbonyl (C=O) groups is 9. The Kier molecular flexibility index (Phi) is 34.9. The molecular weight excluding hydrogens is 1240 g/mol. The Hall–Kier alpha value is -6.55. The molecule has 4 atom stereocenters. The van der Waals surface area contributed by atoms with Crippen LogP contribution < -0.4 is 11.5 Å². The van der Waals surface area contributed by atoms with Gasteiger partial charge in [-0.1, -0.05) is 51.1 Å². The van der Waals surface area contributed by atoms with Crippen molar-refractivity contribution >= 4 is 76.7 Å². The molecule has 498 valence electrons. The molecule has 1 saturated heterocycles. The van der Waals surface area contributed by atoms with E-state index in [0.29, 0.717) is 70.2 Å². The summed E-state index contributed by atoms with van der Waals surface area (Å²) in [7, 11) is 0. The minimum atomic E-state index is -5.08. The molecule has 2 heterocycles. The monoisotopic (exact) mass is 1320 g/mol. The maximum absolute atomic E-state index is 15.2. The Labute approximate surface area is 516 Å². The van der Waals surface area contributed by atoms with Crippen molar-refractivity contribution in [1.29, 1.82) is 0 Å². The highest BCUT2D eigenvalue weighted by Gasteiger charge is 2.41. The molecule has 3 aromatic rings. The summed E-state index contributed by atoms with van der Waals surface area (Å²) in [5.74, 6) is -11.6. The van der Waals surface area contributed by atoms with E-state index in [4.69, 9.17) is 55.3 Å². The lowest BCUT2D eigenvalue weighted by Gasteiger charge is -2.41. The van der Waals surface area contributed by atoms with Crippen LogP contribution in [0.15, 0.2) is 60.8 Å². The molecule has 2 aromatic carbocycles. The van der Waals surface area contributed by atoms with Gasteiger partial charge in [-0.3, -0.25) is 38.5 Å². The lowest BCUT2D eigenvalue weighted by atomic mass is 9.83. The van der Waals surface area contributed by atoms with Crippen LogP contribution in [-0.4, -0.2) is 201 Å². The highest BCUT2D eigenvalue weighted by molar-refractivity contribution is 8.00. The van der Waals surface area contributed by atoms with Crippen molar-refractivity contribution in [1.82, 2.24) is 14.4 Å². The molecule has 0 spiro atoms. The van der Waals surface area contributed by atoms with Crippen LogP contribution in [0.5, 0.6) is 0 Å². The van der Waals surface area contributed by atoms with Gasteiger partial charge in [0.2, 0.25) is 17.7 Å². The van der Waals surface area contributed by atoms with Crippen LogP contribution in [0.1, 0.15) is 83.0 Å². The molecule has 32 heteroatoms. The fourth-order valence-corrected chi connectivity index (χ4v) is 10.3. The van der Waals surface area contributed by atoms with Gasteiger partial charge in [0.25, 0.3) is 0 Å². The quantitative estimate of drug-likeness (QED) is 0.0193. The van der Waals surface area contributed by atoms with E-state index in [1.54, 1.807) is 17.2 Å². The molecule has 4 rings (SSSR count). The summed E-state index contributed by atoms with van der Waals surface area (Å²) in [4.78, 5) is 108. The number of likely N-dealkylation sites (tertiary alicyclic amines) is 1. The number of aromatic nitrogens is 1. The lowest BCUT2D eigenvalue weighted by molar-refractivity contribution is -0.193. The zero-order valence-electron chi connectivity index (χ0n) is 49.1. The SMILES string of the molecule is CC(C)(C)[C@H](c1cc(-c2cc(F)ccc2F)cn1Cc1ccccc1)N(CCCN)C(=O)CSC[C@H](CC(=O)CCOCCOCCOCCOCCCC(=O)CCN1C(=O)CC(SC[C@H](N)C(=O)O)C1=O)C(=O)O.O=C(O)C(F)(F)F.O=C(O)C(F)(F)F. The van der Waals surface area contributed by atoms with E-state index in [1.807, 2.05) is 55.7 Å². The van der Waals surface area contributed by atoms with E-state index >= 15 is 4.39 Å². The van der Waals surface area contributed by atoms with Gasteiger partial charge in [-0.25, -0.2) is 18.4 Å². The van der Waals surface area contributed by atoms with Gasteiger partial charge in [-0.15, -0.1) is 11.8 Å². The van der Waals surface area contributed by atoms with Crippen molar-refractivity contribution in [3.05, 3.63) is 83.7 Å². The predicted molar refractivity (Wildman–Crippen MR) is 308 cm³/mol. The third-order valence-electron chi connectivity index (χ3n) is 12.6. The smallest absolute Gasteiger partial charge is 0.481 e. The Bertz CT molecular complexity index is 2750. The Balaban J connectivity index is 0.00000172. The third kappa shape index (κ3) is 30.2. The number of ketones is 2. The number of ether oxygens (including phenoxy) is 4. The topological polar surface area (TPSA) is 335 Å². The number of carboxylic acid groups (broad SMARTS) is 4. The Morgan fingerprint density at radius 3 is 1.81 bits per heavy atom. The van der Waals surface area contributed by atoms with Crippen molar-refractivity contribution in [3.8, 4) is 11.1 Å². The lowest BCUT2D eigenvalue weighted by Crippen LogP contribution is -2.44. The summed E-state index contributed by atoms with van der Waals surface area (Å²) >= 11 is 2.16. The second-order valence-corrected chi connectivity index (χ2v) is 23.0. The summed E-state index contributed by atoms with van der Waals surface area (Å²) in [6.45, 7) is 9.01. The zero-order valence-corrected chi connectivity index (χ0v) is 50.7. The van der Waals surface area contributed by atoms with Crippen molar-refractivity contribution < 1.29 is 118 Å². The summed E-state index contributed by atoms with van der Waals surface area (Å²) in [5, 5.41) is 32.5. The molecule has 8 N–H and O–H groups in total. The van der Waals surface area contributed by atoms with E-state index in [0.717, 1.165) is 52.2 Å². The number of alkyl halides is 6. The maximum atomic E-state index is 15.2. The van der Waals surface area contributed by atoms with Gasteiger partial charge >= 0.3 is 36.2 Å². The molecule has 3 amide bonds. The van der Waals surface area contributed by atoms with E-state index in [2.05, 4.69) is 0 Å². The number of amides is 3. The van der Waals surface area contributed by atoms with Crippen molar-refractivity contribution in [2.24, 2.45) is 22.8 Å². The highest BCUT2D eigenvalue weighted by atomic mass is 32.2. The van der Waals surface area contributed by atoms with Crippen LogP contribution in [-0.2, 0) is 68.6 Å². The number of carboxylic acids is 4. The van der Waals surface area contributed by atoms with Gasteiger partial charge in [0.05, 0.1) is 69.2 Å². The van der Waals surface area contributed by atoms with Crippen molar-refractivity contribution in [3.63, 3.8) is 0 Å². The molecule has 0 saturated carbocycles. The first kappa shape index (κ1) is 78.5. The molecule has 1 unspecified atom stereocenters. The van der Waals surface area contributed by atoms with E-state index in [-0.39, 0.29) is 105 Å². The average molecular weight is 1320 g/mol. The highest BCUT2D eigenvalue weighted by Crippen LogP contribution is 2.42. The molecule has 22 nitrogen and oxygen atoms in total. The minimum Gasteiger partial charge on any atom is -0.481 e. The Morgan fingerprint density at radius 1 is 0.719 bits per heavy atom. The number of rotatable bonds is 38. The average Bonchev–Trinajstić information content (AvgIpc) is 3.05. The molecular formula is C57H75F8N5O17S2. The number of thioether (sulfide) groups is 2. The molecule has 1 aliphatic heterocycles.